The SMILES string of the molecule is C[C@]12C=C[C@](CO)(O1)[C@@H]1C(=O)N(c3ccc([N+](=O)[O-])cc3)C(=O)[C@@H]12. The number of carbonyl (C=O) groups is 2. The van der Waals surface area contributed by atoms with Crippen molar-refractivity contribution in [2.45, 2.75) is 18.1 Å². The topological polar surface area (TPSA) is 110 Å². The second-order valence-corrected chi connectivity index (χ2v) is 6.47. The highest BCUT2D eigenvalue weighted by Gasteiger charge is 2.72. The molecule has 8 nitrogen and oxygen atoms in total. The van der Waals surface area contributed by atoms with E-state index in [1.807, 2.05) is 0 Å². The van der Waals surface area contributed by atoms with Gasteiger partial charge < -0.3 is 9.84 Å². The lowest BCUT2D eigenvalue weighted by molar-refractivity contribution is -0.384. The van der Waals surface area contributed by atoms with Crippen LogP contribution in [0.3, 0.4) is 0 Å². The first-order valence-electron chi connectivity index (χ1n) is 7.47. The largest absolute Gasteiger partial charge is 0.393 e. The number of carbonyl (C=O) groups excluding carboxylic acids is 2. The third-order valence-electron chi connectivity index (χ3n) is 5.12. The summed E-state index contributed by atoms with van der Waals surface area (Å²) in [6.07, 6.45) is 3.37. The standard InChI is InChI=1S/C16H14N2O6/c1-15-6-7-16(8-19,24-15)12-11(15)13(20)17(14(12)21)9-2-4-10(5-3-9)18(22)23/h2-7,11-12,19H,8H2,1H3/t11-,12+,15-,16-/m1/s1. The molecule has 0 radical (unpaired) electrons. The zero-order chi connectivity index (χ0) is 17.3. The monoisotopic (exact) mass is 330 g/mol. The highest BCUT2D eigenvalue weighted by molar-refractivity contribution is 6.23. The Balaban J connectivity index is 1.75. The second-order valence-electron chi connectivity index (χ2n) is 6.47. The molecule has 1 aromatic carbocycles. The van der Waals surface area contributed by atoms with Gasteiger partial charge in [0.25, 0.3) is 5.69 Å². The molecule has 3 aliphatic rings. The van der Waals surface area contributed by atoms with Gasteiger partial charge >= 0.3 is 0 Å². The van der Waals surface area contributed by atoms with Gasteiger partial charge in [-0.15, -0.1) is 0 Å². The van der Waals surface area contributed by atoms with Crippen LogP contribution in [-0.2, 0) is 14.3 Å². The Morgan fingerprint density at radius 2 is 1.83 bits per heavy atom. The fourth-order valence-electron chi connectivity index (χ4n) is 4.02. The number of hydrogen-bond donors (Lipinski definition) is 1. The summed E-state index contributed by atoms with van der Waals surface area (Å²) in [6, 6.07) is 5.24. The zero-order valence-electron chi connectivity index (χ0n) is 12.7. The van der Waals surface area contributed by atoms with Crippen LogP contribution in [-0.4, -0.2) is 39.7 Å². The lowest BCUT2D eigenvalue weighted by atomic mass is 9.73. The summed E-state index contributed by atoms with van der Waals surface area (Å²) in [4.78, 5) is 36.9. The third kappa shape index (κ3) is 1.64. The van der Waals surface area contributed by atoms with Crippen molar-refractivity contribution >= 4 is 23.2 Å². The van der Waals surface area contributed by atoms with Crippen LogP contribution < -0.4 is 4.90 Å². The fraction of sp³-hybridized carbons (Fsp3) is 0.375. The van der Waals surface area contributed by atoms with Crippen molar-refractivity contribution in [2.24, 2.45) is 11.8 Å². The predicted molar refractivity (Wildman–Crippen MR) is 81.0 cm³/mol. The summed E-state index contributed by atoms with van der Waals surface area (Å²) in [6.45, 7) is 1.32. The van der Waals surface area contributed by atoms with Gasteiger partial charge in [-0.3, -0.25) is 19.7 Å². The van der Waals surface area contributed by atoms with Crippen molar-refractivity contribution in [3.05, 3.63) is 46.5 Å². The van der Waals surface area contributed by atoms with E-state index in [9.17, 15) is 24.8 Å². The number of nitrogens with zero attached hydrogens (tertiary/aromatic N) is 2. The Bertz CT molecular complexity index is 803. The van der Waals surface area contributed by atoms with Crippen molar-refractivity contribution in [3.63, 3.8) is 0 Å². The lowest BCUT2D eigenvalue weighted by Gasteiger charge is -2.26. The van der Waals surface area contributed by atoms with Gasteiger partial charge in [0.15, 0.2) is 0 Å². The molecule has 24 heavy (non-hydrogen) atoms. The Morgan fingerprint density at radius 1 is 1.21 bits per heavy atom. The summed E-state index contributed by atoms with van der Waals surface area (Å²) < 4.78 is 5.82. The number of nitro benzene ring substituents is 1. The van der Waals surface area contributed by atoms with E-state index >= 15 is 0 Å². The number of amides is 2. The molecule has 1 N–H and O–H groups in total. The molecule has 2 bridgehead atoms. The number of aliphatic hydroxyl groups is 1. The predicted octanol–water partition coefficient (Wildman–Crippen LogP) is 0.790. The summed E-state index contributed by atoms with van der Waals surface area (Å²) in [5.74, 6) is -2.38. The number of hydrogen-bond acceptors (Lipinski definition) is 6. The molecular formula is C16H14N2O6. The van der Waals surface area contributed by atoms with Crippen molar-refractivity contribution in [2.75, 3.05) is 11.5 Å². The van der Waals surface area contributed by atoms with Gasteiger partial charge in [-0.1, -0.05) is 12.2 Å². The van der Waals surface area contributed by atoms with Gasteiger partial charge in [-0.2, -0.15) is 0 Å². The van der Waals surface area contributed by atoms with E-state index in [0.717, 1.165) is 4.90 Å². The molecule has 4 atom stereocenters. The van der Waals surface area contributed by atoms with Crippen LogP contribution in [0.5, 0.6) is 0 Å². The van der Waals surface area contributed by atoms with E-state index in [-0.39, 0.29) is 11.4 Å². The molecule has 124 valence electrons. The Hall–Kier alpha value is -2.58. The first-order valence-corrected chi connectivity index (χ1v) is 7.47. The number of imide groups is 1. The smallest absolute Gasteiger partial charge is 0.269 e. The molecule has 2 saturated heterocycles. The van der Waals surface area contributed by atoms with Crippen LogP contribution in [0.1, 0.15) is 6.92 Å². The van der Waals surface area contributed by atoms with Crippen LogP contribution in [0.15, 0.2) is 36.4 Å². The average molecular weight is 330 g/mol. The van der Waals surface area contributed by atoms with Crippen LogP contribution in [0.4, 0.5) is 11.4 Å². The minimum Gasteiger partial charge on any atom is -0.393 e. The average Bonchev–Trinajstić information content (AvgIpc) is 3.14. The van der Waals surface area contributed by atoms with Crippen molar-refractivity contribution < 1.29 is 24.4 Å². The van der Waals surface area contributed by atoms with E-state index < -0.39 is 46.4 Å². The van der Waals surface area contributed by atoms with Crippen LogP contribution >= 0.6 is 0 Å². The van der Waals surface area contributed by atoms with Gasteiger partial charge in [-0.25, -0.2) is 4.90 Å². The number of aliphatic hydroxyl groups excluding tert-OH is 1. The molecule has 2 amide bonds. The van der Waals surface area contributed by atoms with Crippen molar-refractivity contribution in [1.82, 2.24) is 0 Å². The normalized spacial score (nSPS) is 36.5. The fourth-order valence-corrected chi connectivity index (χ4v) is 4.02. The third-order valence-corrected chi connectivity index (χ3v) is 5.12. The summed E-state index contributed by atoms with van der Waals surface area (Å²) in [5, 5.41) is 20.5. The van der Waals surface area contributed by atoms with E-state index in [4.69, 9.17) is 4.74 Å². The summed E-state index contributed by atoms with van der Waals surface area (Å²) >= 11 is 0. The van der Waals surface area contributed by atoms with Gasteiger partial charge in [0, 0.05) is 12.1 Å². The maximum atomic E-state index is 12.9. The van der Waals surface area contributed by atoms with E-state index in [0.29, 0.717) is 0 Å². The highest BCUT2D eigenvalue weighted by atomic mass is 16.6. The molecule has 0 aromatic heterocycles. The number of ether oxygens (including phenoxy) is 1. The maximum Gasteiger partial charge on any atom is 0.269 e. The van der Waals surface area contributed by atoms with Crippen LogP contribution in [0.2, 0.25) is 0 Å². The molecule has 0 unspecified atom stereocenters. The Morgan fingerprint density at radius 3 is 2.42 bits per heavy atom. The second kappa shape index (κ2) is 4.49. The number of rotatable bonds is 3. The number of non-ortho nitro benzene ring substituents is 1. The molecule has 3 heterocycles. The van der Waals surface area contributed by atoms with Gasteiger partial charge in [0.1, 0.15) is 5.60 Å². The number of anilines is 1. The van der Waals surface area contributed by atoms with Crippen LogP contribution in [0, 0.1) is 22.0 Å². The minimum absolute atomic E-state index is 0.123. The van der Waals surface area contributed by atoms with Crippen LogP contribution in [0.25, 0.3) is 0 Å². The molecule has 1 aromatic rings. The molecule has 0 spiro atoms. The van der Waals surface area contributed by atoms with E-state index in [1.165, 1.54) is 24.3 Å². The first-order chi connectivity index (χ1) is 11.3. The molecule has 4 rings (SSSR count). The number of nitro groups is 1. The van der Waals surface area contributed by atoms with Gasteiger partial charge in [0.2, 0.25) is 11.8 Å². The zero-order valence-corrected chi connectivity index (χ0v) is 12.7. The summed E-state index contributed by atoms with van der Waals surface area (Å²) in [5.41, 5.74) is -1.96. The molecular weight excluding hydrogens is 316 g/mol. The molecule has 3 aliphatic heterocycles. The maximum absolute atomic E-state index is 12.9. The van der Waals surface area contributed by atoms with Crippen molar-refractivity contribution in [1.29, 1.82) is 0 Å². The lowest BCUT2D eigenvalue weighted by Crippen LogP contribution is -2.43. The van der Waals surface area contributed by atoms with Gasteiger partial charge in [0.05, 0.1) is 34.7 Å². The van der Waals surface area contributed by atoms with E-state index in [2.05, 4.69) is 0 Å². The highest BCUT2D eigenvalue weighted by Crippen LogP contribution is 2.57. The summed E-state index contributed by atoms with van der Waals surface area (Å²) in [7, 11) is 0. The van der Waals surface area contributed by atoms with Gasteiger partial charge in [-0.05, 0) is 19.1 Å². The quantitative estimate of drug-likeness (QED) is 0.380. The van der Waals surface area contributed by atoms with Crippen molar-refractivity contribution in [3.8, 4) is 0 Å². The molecule has 2 fully saturated rings. The Kier molecular flexibility index (Phi) is 2.80. The first kappa shape index (κ1) is 15.0. The minimum atomic E-state index is -1.18. The molecule has 8 heteroatoms. The number of benzene rings is 1. The molecule has 0 aliphatic carbocycles. The Labute approximate surface area is 136 Å². The molecule has 0 saturated carbocycles. The number of fused-ring (bicyclic) bond motifs is 5. The van der Waals surface area contributed by atoms with E-state index in [1.54, 1.807) is 19.1 Å².